The molecule has 0 unspecified atom stereocenters. The highest BCUT2D eigenvalue weighted by Gasteiger charge is 2.43. The van der Waals surface area contributed by atoms with Gasteiger partial charge in [0.25, 0.3) is 5.91 Å². The van der Waals surface area contributed by atoms with E-state index in [0.29, 0.717) is 43.6 Å². The molecule has 2 aromatic heterocycles. The van der Waals surface area contributed by atoms with Crippen molar-refractivity contribution in [2.45, 2.75) is 44.0 Å². The number of fused-ring (bicyclic) bond motifs is 1. The number of aromatic nitrogens is 1. The Balaban J connectivity index is 1.25. The number of carbonyl (C=O) groups excluding carboxylic acids is 2. The summed E-state index contributed by atoms with van der Waals surface area (Å²) in [6.07, 6.45) is -1.00. The van der Waals surface area contributed by atoms with Crippen LogP contribution in [0.1, 0.15) is 31.2 Å². The van der Waals surface area contributed by atoms with Crippen LogP contribution in [-0.4, -0.2) is 40.5 Å². The minimum Gasteiger partial charge on any atom is -0.489 e. The number of benzene rings is 1. The van der Waals surface area contributed by atoms with E-state index >= 15 is 0 Å². The molecule has 6 nitrogen and oxygen atoms in total. The highest BCUT2D eigenvalue weighted by molar-refractivity contribution is 7.17. The van der Waals surface area contributed by atoms with Crippen LogP contribution in [0.2, 0.25) is 0 Å². The molecule has 1 saturated carbocycles. The summed E-state index contributed by atoms with van der Waals surface area (Å²) in [5.74, 6) is -0.986. The molecule has 5 rings (SSSR count). The molecule has 1 saturated heterocycles. The van der Waals surface area contributed by atoms with Crippen LogP contribution < -0.4 is 9.64 Å². The van der Waals surface area contributed by atoms with E-state index in [1.165, 1.54) is 0 Å². The van der Waals surface area contributed by atoms with Crippen LogP contribution in [0, 0.1) is 5.82 Å². The molecule has 3 heterocycles. The van der Waals surface area contributed by atoms with E-state index in [0.717, 1.165) is 26.1 Å². The second-order valence-corrected chi connectivity index (χ2v) is 9.30. The summed E-state index contributed by atoms with van der Waals surface area (Å²) in [7, 11) is 0. The highest BCUT2D eigenvalue weighted by atomic mass is 32.1. The molecule has 3 amide bonds. The Morgan fingerprint density at radius 2 is 1.82 bits per heavy atom. The fourth-order valence-corrected chi connectivity index (χ4v) is 5.25. The number of imide groups is 1. The maximum absolute atomic E-state index is 13.8. The van der Waals surface area contributed by atoms with E-state index in [9.17, 15) is 27.2 Å². The number of rotatable bonds is 4. The Labute approximate surface area is 195 Å². The van der Waals surface area contributed by atoms with Crippen molar-refractivity contribution < 1.29 is 31.9 Å². The fourth-order valence-electron chi connectivity index (χ4n) is 4.48. The van der Waals surface area contributed by atoms with Crippen LogP contribution in [0.5, 0.6) is 5.75 Å². The Morgan fingerprint density at radius 1 is 1.06 bits per heavy atom. The number of alkyl halides is 3. The first kappa shape index (κ1) is 22.6. The normalized spacial score (nSPS) is 21.5. The van der Waals surface area contributed by atoms with Crippen LogP contribution in [0.15, 0.2) is 41.9 Å². The first-order valence-electron chi connectivity index (χ1n) is 10.7. The second-order valence-electron chi connectivity index (χ2n) is 8.35. The number of anilines is 1. The van der Waals surface area contributed by atoms with Gasteiger partial charge in [-0.1, -0.05) is 0 Å². The smallest absolute Gasteiger partial charge is 0.416 e. The number of amides is 3. The van der Waals surface area contributed by atoms with E-state index < -0.39 is 42.1 Å². The van der Waals surface area contributed by atoms with Crippen molar-refractivity contribution in [3.63, 3.8) is 0 Å². The summed E-state index contributed by atoms with van der Waals surface area (Å²) in [5.41, 5.74) is -0.604. The predicted octanol–water partition coefficient (Wildman–Crippen LogP) is 5.61. The molecule has 0 N–H and O–H groups in total. The monoisotopic (exact) mass is 493 g/mol. The third kappa shape index (κ3) is 4.31. The number of nitrogens with zero attached hydrogens (tertiary/aromatic N) is 3. The lowest BCUT2D eigenvalue weighted by Crippen LogP contribution is -2.44. The number of carbonyl (C=O) groups is 2. The predicted molar refractivity (Wildman–Crippen MR) is 117 cm³/mol. The summed E-state index contributed by atoms with van der Waals surface area (Å²) >= 11 is 1.57. The lowest BCUT2D eigenvalue weighted by molar-refractivity contribution is -0.137. The van der Waals surface area contributed by atoms with Gasteiger partial charge in [-0.2, -0.15) is 13.2 Å². The van der Waals surface area contributed by atoms with Gasteiger partial charge in [0.2, 0.25) is 0 Å². The molecule has 3 aromatic rings. The lowest BCUT2D eigenvalue weighted by Gasteiger charge is -2.33. The van der Waals surface area contributed by atoms with E-state index in [1.807, 2.05) is 17.5 Å². The molecule has 11 heteroatoms. The molecule has 0 bridgehead atoms. The lowest BCUT2D eigenvalue weighted by atomic mass is 9.92. The third-order valence-electron chi connectivity index (χ3n) is 6.11. The van der Waals surface area contributed by atoms with Crippen molar-refractivity contribution in [3.05, 3.63) is 53.3 Å². The van der Waals surface area contributed by atoms with Crippen LogP contribution in [0.25, 0.3) is 10.2 Å². The Bertz CT molecular complexity index is 1250. The van der Waals surface area contributed by atoms with E-state index in [4.69, 9.17) is 4.74 Å². The van der Waals surface area contributed by atoms with Gasteiger partial charge in [0.05, 0.1) is 28.1 Å². The topological polar surface area (TPSA) is 62.7 Å². The number of ether oxygens (including phenoxy) is 1. The molecule has 0 spiro atoms. The average molecular weight is 493 g/mol. The quantitative estimate of drug-likeness (QED) is 0.350. The van der Waals surface area contributed by atoms with Gasteiger partial charge in [0.15, 0.2) is 0 Å². The number of halogens is 4. The van der Waals surface area contributed by atoms with Gasteiger partial charge in [-0.05, 0) is 55.3 Å². The van der Waals surface area contributed by atoms with Crippen LogP contribution in [-0.2, 0) is 11.0 Å². The van der Waals surface area contributed by atoms with Gasteiger partial charge >= 0.3 is 12.2 Å². The van der Waals surface area contributed by atoms with E-state index in [2.05, 4.69) is 4.98 Å². The molecule has 1 aliphatic heterocycles. The van der Waals surface area contributed by atoms with Crippen molar-refractivity contribution in [2.75, 3.05) is 11.4 Å². The summed E-state index contributed by atoms with van der Waals surface area (Å²) < 4.78 is 60.1. The van der Waals surface area contributed by atoms with E-state index in [1.54, 1.807) is 17.5 Å². The van der Waals surface area contributed by atoms with Crippen LogP contribution in [0.4, 0.5) is 28.0 Å². The van der Waals surface area contributed by atoms with Gasteiger partial charge in [-0.25, -0.2) is 9.18 Å². The minimum atomic E-state index is -4.77. The number of thiophene rings is 1. The summed E-state index contributed by atoms with van der Waals surface area (Å²) in [6, 6.07) is 4.60. The molecule has 1 aromatic carbocycles. The molecule has 0 radical (unpaired) electrons. The molecule has 178 valence electrons. The van der Waals surface area contributed by atoms with Gasteiger partial charge in [-0.3, -0.25) is 19.6 Å². The first-order chi connectivity index (χ1) is 16.2. The van der Waals surface area contributed by atoms with Gasteiger partial charge < -0.3 is 4.74 Å². The van der Waals surface area contributed by atoms with Gasteiger partial charge in [0, 0.05) is 17.8 Å². The number of hydrogen-bond acceptors (Lipinski definition) is 5. The fraction of sp³-hybridized carbons (Fsp3) is 0.348. The van der Waals surface area contributed by atoms with E-state index in [-0.39, 0.29) is 11.8 Å². The molecular weight excluding hydrogens is 474 g/mol. The second kappa shape index (κ2) is 8.53. The number of urea groups is 1. The van der Waals surface area contributed by atoms with Gasteiger partial charge in [0.1, 0.15) is 18.1 Å². The average Bonchev–Trinajstić information content (AvgIpc) is 3.37. The summed E-state index contributed by atoms with van der Waals surface area (Å²) in [5, 5.41) is 1.95. The SMILES string of the molecule is O=C1CN(c2cc(F)cc(C(F)(F)F)c2)C(=O)N1C1CCC(Oc2cnc3ccsc3c2)CC1. The highest BCUT2D eigenvalue weighted by Crippen LogP contribution is 2.35. The Kier molecular flexibility index (Phi) is 5.67. The summed E-state index contributed by atoms with van der Waals surface area (Å²) in [6.45, 7) is -0.428. The Hall–Kier alpha value is -3.21. The van der Waals surface area contributed by atoms with Crippen LogP contribution >= 0.6 is 11.3 Å². The Morgan fingerprint density at radius 3 is 2.56 bits per heavy atom. The maximum Gasteiger partial charge on any atom is 0.416 e. The van der Waals surface area contributed by atoms with Crippen LogP contribution in [0.3, 0.4) is 0 Å². The molecule has 0 atom stereocenters. The van der Waals surface area contributed by atoms with Crippen molar-refractivity contribution in [2.24, 2.45) is 0 Å². The number of hydrogen-bond donors (Lipinski definition) is 0. The first-order valence-corrected chi connectivity index (χ1v) is 11.6. The molecule has 2 aliphatic rings. The third-order valence-corrected chi connectivity index (χ3v) is 6.96. The van der Waals surface area contributed by atoms with Crippen molar-refractivity contribution >= 4 is 39.2 Å². The molecule has 2 fully saturated rings. The molecular formula is C23H19F4N3O3S. The van der Waals surface area contributed by atoms with Gasteiger partial charge in [-0.15, -0.1) is 11.3 Å². The number of pyridine rings is 1. The minimum absolute atomic E-state index is 0.100. The molecule has 1 aliphatic carbocycles. The zero-order valence-electron chi connectivity index (χ0n) is 17.7. The standard InChI is InChI=1S/C23H19F4N3O3S/c24-14-7-13(23(25,26)27)8-16(9-14)29-12-21(31)30(22(29)32)15-1-3-17(4-2-15)33-18-10-20-19(28-11-18)5-6-34-20/h5-11,15,17H,1-4,12H2. The summed E-state index contributed by atoms with van der Waals surface area (Å²) in [4.78, 5) is 31.9. The largest absolute Gasteiger partial charge is 0.489 e. The van der Waals surface area contributed by atoms with Crippen molar-refractivity contribution in [3.8, 4) is 5.75 Å². The zero-order chi connectivity index (χ0) is 24.0. The zero-order valence-corrected chi connectivity index (χ0v) is 18.5. The van der Waals surface area contributed by atoms with Crippen molar-refractivity contribution in [1.29, 1.82) is 0 Å². The van der Waals surface area contributed by atoms with Crippen molar-refractivity contribution in [1.82, 2.24) is 9.88 Å². The molecule has 34 heavy (non-hydrogen) atoms. The maximum atomic E-state index is 13.8.